The lowest BCUT2D eigenvalue weighted by atomic mass is 9.95. The number of amides is 3. The molecule has 9 heteroatoms. The Morgan fingerprint density at radius 1 is 1.12 bits per heavy atom. The molecule has 3 aromatic heterocycles. The first-order chi connectivity index (χ1) is 16.6. The number of pyridine rings is 1. The van der Waals surface area contributed by atoms with Gasteiger partial charge in [0.25, 0.3) is 5.91 Å². The zero-order chi connectivity index (χ0) is 23.8. The van der Waals surface area contributed by atoms with Crippen LogP contribution in [0.5, 0.6) is 0 Å². The molecular formula is C25H28N4O4S. The molecule has 3 aromatic rings. The molecule has 0 aromatic carbocycles. The highest BCUT2D eigenvalue weighted by atomic mass is 32.1. The summed E-state index contributed by atoms with van der Waals surface area (Å²) in [4.78, 5) is 45.5. The van der Waals surface area contributed by atoms with Crippen molar-refractivity contribution in [3.05, 3.63) is 76.6 Å². The van der Waals surface area contributed by atoms with Crippen molar-refractivity contribution >= 4 is 29.1 Å². The first-order valence-corrected chi connectivity index (χ1v) is 12.3. The molecule has 0 bridgehead atoms. The van der Waals surface area contributed by atoms with Crippen LogP contribution in [0.4, 0.5) is 0 Å². The third-order valence-corrected chi connectivity index (χ3v) is 6.75. The number of thiophene rings is 1. The van der Waals surface area contributed by atoms with E-state index in [1.807, 2.05) is 0 Å². The highest BCUT2D eigenvalue weighted by molar-refractivity contribution is 7.12. The number of aromatic nitrogens is 1. The van der Waals surface area contributed by atoms with Crippen LogP contribution in [0.1, 0.15) is 59.1 Å². The molecule has 1 fully saturated rings. The minimum atomic E-state index is -0.910. The maximum Gasteiger partial charge on any atom is 0.261 e. The number of nitrogens with zero attached hydrogens (tertiary/aromatic N) is 2. The normalized spacial score (nSPS) is 14.8. The fourth-order valence-corrected chi connectivity index (χ4v) is 4.82. The van der Waals surface area contributed by atoms with Gasteiger partial charge in [-0.25, -0.2) is 0 Å². The fraction of sp³-hybridized carbons (Fsp3) is 0.360. The van der Waals surface area contributed by atoms with Gasteiger partial charge in [-0.05, 0) is 42.5 Å². The molecular weight excluding hydrogens is 452 g/mol. The number of rotatable bonds is 9. The predicted molar refractivity (Wildman–Crippen MR) is 128 cm³/mol. The quantitative estimate of drug-likeness (QED) is 0.486. The predicted octanol–water partition coefficient (Wildman–Crippen LogP) is 3.68. The summed E-state index contributed by atoms with van der Waals surface area (Å²) in [5.74, 6) is -0.443. The van der Waals surface area contributed by atoms with E-state index in [0.29, 0.717) is 16.2 Å². The first kappa shape index (κ1) is 23.7. The first-order valence-electron chi connectivity index (χ1n) is 11.5. The smallest absolute Gasteiger partial charge is 0.261 e. The maximum absolute atomic E-state index is 13.6. The molecule has 3 heterocycles. The van der Waals surface area contributed by atoms with Gasteiger partial charge in [0.2, 0.25) is 11.8 Å². The van der Waals surface area contributed by atoms with Crippen molar-refractivity contribution in [1.29, 1.82) is 0 Å². The van der Waals surface area contributed by atoms with E-state index >= 15 is 0 Å². The molecule has 0 spiro atoms. The van der Waals surface area contributed by atoms with Gasteiger partial charge in [0, 0.05) is 24.0 Å². The van der Waals surface area contributed by atoms with Crippen molar-refractivity contribution < 1.29 is 18.8 Å². The lowest BCUT2D eigenvalue weighted by Crippen LogP contribution is -2.49. The van der Waals surface area contributed by atoms with Crippen LogP contribution in [0.3, 0.4) is 0 Å². The van der Waals surface area contributed by atoms with Crippen molar-refractivity contribution in [2.45, 2.75) is 50.7 Å². The monoisotopic (exact) mass is 480 g/mol. The Kier molecular flexibility index (Phi) is 8.08. The number of furan rings is 1. The van der Waals surface area contributed by atoms with E-state index < -0.39 is 11.9 Å². The van der Waals surface area contributed by atoms with Crippen molar-refractivity contribution in [1.82, 2.24) is 20.5 Å². The molecule has 0 aliphatic heterocycles. The third-order valence-electron chi connectivity index (χ3n) is 5.88. The van der Waals surface area contributed by atoms with E-state index in [0.717, 1.165) is 25.7 Å². The zero-order valence-electron chi connectivity index (χ0n) is 18.8. The zero-order valence-corrected chi connectivity index (χ0v) is 19.6. The molecule has 3 amide bonds. The Labute approximate surface area is 202 Å². The summed E-state index contributed by atoms with van der Waals surface area (Å²) in [6, 6.07) is 9.66. The van der Waals surface area contributed by atoms with Crippen LogP contribution in [0.2, 0.25) is 0 Å². The van der Waals surface area contributed by atoms with Crippen molar-refractivity contribution in [2.75, 3.05) is 6.54 Å². The highest BCUT2D eigenvalue weighted by Gasteiger charge is 2.33. The van der Waals surface area contributed by atoms with E-state index in [4.69, 9.17) is 4.42 Å². The van der Waals surface area contributed by atoms with Crippen LogP contribution in [-0.2, 0) is 16.1 Å². The summed E-state index contributed by atoms with van der Waals surface area (Å²) in [5.41, 5.74) is 0.597. The van der Waals surface area contributed by atoms with Crippen molar-refractivity contribution in [3.63, 3.8) is 0 Å². The highest BCUT2D eigenvalue weighted by Crippen LogP contribution is 2.25. The number of carbonyl (C=O) groups excluding carboxylic acids is 3. The second kappa shape index (κ2) is 11.6. The van der Waals surface area contributed by atoms with Gasteiger partial charge in [-0.3, -0.25) is 19.4 Å². The summed E-state index contributed by atoms with van der Waals surface area (Å²) in [7, 11) is 0. The van der Waals surface area contributed by atoms with E-state index in [1.54, 1.807) is 54.2 Å². The Hall–Kier alpha value is -3.46. The standard InChI is InChI=1S/C25H28N4O4S/c30-22(16-27-24(31)21-11-6-14-34-21)29(17-20-10-5-13-33-20)23(18-7-4-12-26-15-18)25(32)28-19-8-2-1-3-9-19/h4-7,10-15,19,23H,1-3,8-9,16-17H2,(H,27,31)(H,28,32)/t23-/m0/s1. The topological polar surface area (TPSA) is 105 Å². The molecule has 4 rings (SSSR count). The molecule has 34 heavy (non-hydrogen) atoms. The number of hydrogen-bond acceptors (Lipinski definition) is 6. The largest absolute Gasteiger partial charge is 0.467 e. The van der Waals surface area contributed by atoms with Crippen LogP contribution in [0, 0.1) is 0 Å². The van der Waals surface area contributed by atoms with Gasteiger partial charge in [0.05, 0.1) is 24.2 Å². The molecule has 0 saturated heterocycles. The lowest BCUT2D eigenvalue weighted by Gasteiger charge is -2.32. The van der Waals surface area contributed by atoms with Crippen LogP contribution in [0.15, 0.2) is 64.9 Å². The van der Waals surface area contributed by atoms with Gasteiger partial charge in [-0.15, -0.1) is 11.3 Å². The summed E-state index contributed by atoms with van der Waals surface area (Å²) < 4.78 is 5.49. The van der Waals surface area contributed by atoms with E-state index in [9.17, 15) is 14.4 Å². The van der Waals surface area contributed by atoms with Gasteiger partial charge in [0.15, 0.2) is 0 Å². The van der Waals surface area contributed by atoms with Crippen LogP contribution in [0.25, 0.3) is 0 Å². The number of carbonyl (C=O) groups is 3. The summed E-state index contributed by atoms with van der Waals surface area (Å²) in [6.45, 7) is -0.163. The average Bonchev–Trinajstić information content (AvgIpc) is 3.58. The van der Waals surface area contributed by atoms with Gasteiger partial charge >= 0.3 is 0 Å². The average molecular weight is 481 g/mol. The van der Waals surface area contributed by atoms with E-state index in [1.165, 1.54) is 28.9 Å². The second-order valence-electron chi connectivity index (χ2n) is 8.29. The molecule has 1 aliphatic carbocycles. The van der Waals surface area contributed by atoms with Crippen LogP contribution < -0.4 is 10.6 Å². The fourth-order valence-electron chi connectivity index (χ4n) is 4.18. The summed E-state index contributed by atoms with van der Waals surface area (Å²) in [5, 5.41) is 7.62. The number of hydrogen-bond donors (Lipinski definition) is 2. The van der Waals surface area contributed by atoms with Crippen molar-refractivity contribution in [2.24, 2.45) is 0 Å². The lowest BCUT2D eigenvalue weighted by molar-refractivity contribution is -0.141. The van der Waals surface area contributed by atoms with Gasteiger partial charge < -0.3 is 20.0 Å². The minimum absolute atomic E-state index is 0.0817. The maximum atomic E-state index is 13.6. The third kappa shape index (κ3) is 6.11. The Morgan fingerprint density at radius 2 is 1.97 bits per heavy atom. The van der Waals surface area contributed by atoms with Gasteiger partial charge in [0.1, 0.15) is 11.8 Å². The van der Waals surface area contributed by atoms with Crippen LogP contribution in [-0.4, -0.2) is 40.2 Å². The Morgan fingerprint density at radius 3 is 2.65 bits per heavy atom. The minimum Gasteiger partial charge on any atom is -0.467 e. The Bertz CT molecular complexity index is 1060. The van der Waals surface area contributed by atoms with Crippen molar-refractivity contribution in [3.8, 4) is 0 Å². The van der Waals surface area contributed by atoms with Crippen LogP contribution >= 0.6 is 11.3 Å². The molecule has 1 atom stereocenters. The molecule has 0 radical (unpaired) electrons. The van der Waals surface area contributed by atoms with E-state index in [-0.39, 0.29) is 30.9 Å². The summed E-state index contributed by atoms with van der Waals surface area (Å²) >= 11 is 1.30. The molecule has 1 saturated carbocycles. The molecule has 2 N–H and O–H groups in total. The van der Waals surface area contributed by atoms with E-state index in [2.05, 4.69) is 15.6 Å². The SMILES string of the molecule is O=C(NCC(=O)N(Cc1ccco1)[C@H](C(=O)NC1CCCCC1)c1cccnc1)c1cccs1. The summed E-state index contributed by atoms with van der Waals surface area (Å²) in [6.07, 6.45) is 9.92. The Balaban J connectivity index is 1.58. The van der Waals surface area contributed by atoms with Gasteiger partial charge in [-0.1, -0.05) is 31.4 Å². The van der Waals surface area contributed by atoms with Gasteiger partial charge in [-0.2, -0.15) is 0 Å². The molecule has 178 valence electrons. The molecule has 8 nitrogen and oxygen atoms in total. The second-order valence-corrected chi connectivity index (χ2v) is 9.24. The molecule has 0 unspecified atom stereocenters. The molecule has 1 aliphatic rings. The number of nitrogens with one attached hydrogen (secondary N) is 2.